The van der Waals surface area contributed by atoms with Gasteiger partial charge in [-0.25, -0.2) is 4.68 Å². The van der Waals surface area contributed by atoms with Gasteiger partial charge >= 0.3 is 11.8 Å². The molecule has 35 heavy (non-hydrogen) atoms. The molecule has 4 rings (SSSR count). The molecule has 0 unspecified atom stereocenters. The fourth-order valence-electron chi connectivity index (χ4n) is 3.39. The summed E-state index contributed by atoms with van der Waals surface area (Å²) in [7, 11) is 1.56. The van der Waals surface area contributed by atoms with E-state index in [1.54, 1.807) is 79.9 Å². The summed E-state index contributed by atoms with van der Waals surface area (Å²) in [6.07, 6.45) is 0. The number of methoxy groups -OCH3 is 1. The third-order valence-electron chi connectivity index (χ3n) is 5.11. The number of nitrogens with zero attached hydrogens (tertiary/aromatic N) is 1. The molecule has 0 aliphatic carbocycles. The molecule has 1 aromatic heterocycles. The molecule has 3 aromatic carbocycles. The van der Waals surface area contributed by atoms with Gasteiger partial charge in [0.05, 0.1) is 12.6 Å². The summed E-state index contributed by atoms with van der Waals surface area (Å²) in [5.74, 6) is -1.57. The molecule has 10 heteroatoms. The van der Waals surface area contributed by atoms with Gasteiger partial charge in [-0.1, -0.05) is 45.7 Å². The highest BCUT2D eigenvalue weighted by molar-refractivity contribution is 9.10. The summed E-state index contributed by atoms with van der Waals surface area (Å²) in [5, 5.41) is 6.48. The van der Waals surface area contributed by atoms with E-state index in [1.807, 2.05) is 0 Å². The average molecular weight is 556 g/mol. The Morgan fingerprint density at radius 2 is 1.74 bits per heavy atom. The maximum Gasteiger partial charge on any atom is 0.328 e. The lowest BCUT2D eigenvalue weighted by Gasteiger charge is -2.13. The van der Waals surface area contributed by atoms with Crippen LogP contribution in [0.1, 0.15) is 16.1 Å². The van der Waals surface area contributed by atoms with Crippen molar-refractivity contribution >= 4 is 61.8 Å². The molecule has 178 valence electrons. The number of carbonyl (C=O) groups excluding carboxylic acids is 3. The van der Waals surface area contributed by atoms with Crippen molar-refractivity contribution in [2.75, 3.05) is 17.9 Å². The van der Waals surface area contributed by atoms with Crippen LogP contribution in [0.5, 0.6) is 5.75 Å². The van der Waals surface area contributed by atoms with E-state index in [9.17, 15) is 14.4 Å². The second-order valence-electron chi connectivity index (χ2n) is 7.50. The van der Waals surface area contributed by atoms with E-state index >= 15 is 0 Å². The van der Waals surface area contributed by atoms with Crippen LogP contribution >= 0.6 is 27.5 Å². The van der Waals surface area contributed by atoms with Gasteiger partial charge in [0, 0.05) is 27.1 Å². The standard InChI is InChI=1S/C25H20BrClN4O4/c1-35-20-8-5-15(6-9-20)14-28-24(33)25(34)30-31-21-10-7-17(26)11-16(21)12-22(31)23(32)29-19-4-2-3-18(27)13-19/h2-13H,14H2,1H3,(H,28,33)(H,29,32)(H,30,34). The van der Waals surface area contributed by atoms with Gasteiger partial charge in [-0.15, -0.1) is 0 Å². The van der Waals surface area contributed by atoms with E-state index in [0.29, 0.717) is 27.4 Å². The van der Waals surface area contributed by atoms with E-state index in [1.165, 1.54) is 4.68 Å². The quantitative estimate of drug-likeness (QED) is 0.300. The van der Waals surface area contributed by atoms with Gasteiger partial charge in [0.1, 0.15) is 11.4 Å². The number of aromatic nitrogens is 1. The maximum atomic E-state index is 13.1. The number of ether oxygens (including phenoxy) is 1. The molecular weight excluding hydrogens is 536 g/mol. The summed E-state index contributed by atoms with van der Waals surface area (Å²) < 4.78 is 7.20. The monoisotopic (exact) mass is 554 g/mol. The molecule has 3 N–H and O–H groups in total. The van der Waals surface area contributed by atoms with E-state index in [-0.39, 0.29) is 12.2 Å². The smallest absolute Gasteiger partial charge is 0.328 e. The number of hydrogen-bond acceptors (Lipinski definition) is 4. The maximum absolute atomic E-state index is 13.1. The lowest BCUT2D eigenvalue weighted by Crippen LogP contribution is -2.39. The number of benzene rings is 3. The Labute approximate surface area is 214 Å². The van der Waals surface area contributed by atoms with Crippen LogP contribution in [0.4, 0.5) is 5.69 Å². The van der Waals surface area contributed by atoms with Crippen LogP contribution in [-0.4, -0.2) is 29.5 Å². The van der Waals surface area contributed by atoms with E-state index < -0.39 is 17.7 Å². The predicted octanol–water partition coefficient (Wildman–Crippen LogP) is 4.70. The molecule has 0 aliphatic heterocycles. The SMILES string of the molecule is COc1ccc(CNC(=O)C(=O)Nn2c(C(=O)Nc3cccc(Cl)c3)cc3cc(Br)ccc32)cc1. The molecule has 0 aliphatic rings. The molecule has 0 radical (unpaired) electrons. The summed E-state index contributed by atoms with van der Waals surface area (Å²) in [4.78, 5) is 38.2. The van der Waals surface area contributed by atoms with E-state index in [4.69, 9.17) is 16.3 Å². The lowest BCUT2D eigenvalue weighted by atomic mass is 10.2. The van der Waals surface area contributed by atoms with Crippen LogP contribution in [0, 0.1) is 0 Å². The van der Waals surface area contributed by atoms with Gasteiger partial charge in [-0.2, -0.15) is 0 Å². The zero-order valence-electron chi connectivity index (χ0n) is 18.5. The van der Waals surface area contributed by atoms with Gasteiger partial charge in [-0.3, -0.25) is 19.8 Å². The molecule has 0 saturated heterocycles. The minimum atomic E-state index is -0.921. The molecule has 0 atom stereocenters. The summed E-state index contributed by atoms with van der Waals surface area (Å²) in [6.45, 7) is 0.151. The van der Waals surface area contributed by atoms with Gasteiger partial charge in [0.15, 0.2) is 0 Å². The highest BCUT2D eigenvalue weighted by Gasteiger charge is 2.21. The summed E-state index contributed by atoms with van der Waals surface area (Å²) in [5.41, 5.74) is 4.49. The Balaban J connectivity index is 1.54. The topological polar surface area (TPSA) is 101 Å². The Hall–Kier alpha value is -3.82. The van der Waals surface area contributed by atoms with Crippen molar-refractivity contribution < 1.29 is 19.1 Å². The predicted molar refractivity (Wildman–Crippen MR) is 138 cm³/mol. The fraction of sp³-hybridized carbons (Fsp3) is 0.0800. The van der Waals surface area contributed by atoms with Gasteiger partial charge < -0.3 is 15.4 Å². The van der Waals surface area contributed by atoms with Crippen molar-refractivity contribution in [2.24, 2.45) is 0 Å². The lowest BCUT2D eigenvalue weighted by molar-refractivity contribution is -0.136. The average Bonchev–Trinajstić information content (AvgIpc) is 3.20. The number of carbonyl (C=O) groups is 3. The van der Waals surface area contributed by atoms with Crippen molar-refractivity contribution in [1.82, 2.24) is 9.99 Å². The number of amides is 3. The molecular formula is C25H20BrClN4O4. The Kier molecular flexibility index (Phi) is 7.38. The molecule has 0 fully saturated rings. The third-order valence-corrected chi connectivity index (χ3v) is 5.84. The zero-order valence-corrected chi connectivity index (χ0v) is 20.8. The highest BCUT2D eigenvalue weighted by Crippen LogP contribution is 2.24. The van der Waals surface area contributed by atoms with Crippen molar-refractivity contribution in [3.05, 3.63) is 93.5 Å². The summed E-state index contributed by atoms with van der Waals surface area (Å²) >= 11 is 9.42. The van der Waals surface area contributed by atoms with Crippen LogP contribution in [-0.2, 0) is 16.1 Å². The third kappa shape index (κ3) is 5.82. The molecule has 4 aromatic rings. The van der Waals surface area contributed by atoms with Crippen LogP contribution in [0.3, 0.4) is 0 Å². The number of hydrogen-bond donors (Lipinski definition) is 3. The molecule has 3 amide bonds. The number of nitrogens with one attached hydrogen (secondary N) is 3. The fourth-order valence-corrected chi connectivity index (χ4v) is 3.96. The molecule has 1 heterocycles. The van der Waals surface area contributed by atoms with Crippen LogP contribution in [0.25, 0.3) is 10.9 Å². The Bertz CT molecular complexity index is 1420. The van der Waals surface area contributed by atoms with E-state index in [2.05, 4.69) is 32.0 Å². The van der Waals surface area contributed by atoms with E-state index in [0.717, 1.165) is 10.0 Å². The number of anilines is 1. The first-order valence-electron chi connectivity index (χ1n) is 10.4. The zero-order chi connectivity index (χ0) is 24.9. The van der Waals surface area contributed by atoms with Crippen molar-refractivity contribution in [3.63, 3.8) is 0 Å². The van der Waals surface area contributed by atoms with Crippen molar-refractivity contribution in [2.45, 2.75) is 6.54 Å². The number of rotatable bonds is 6. The summed E-state index contributed by atoms with van der Waals surface area (Å²) in [6, 6.07) is 20.7. The number of halogens is 2. The molecule has 0 bridgehead atoms. The van der Waals surface area contributed by atoms with Gasteiger partial charge in [-0.05, 0) is 60.2 Å². The minimum absolute atomic E-state index is 0.134. The van der Waals surface area contributed by atoms with Crippen LogP contribution < -0.4 is 20.8 Å². The highest BCUT2D eigenvalue weighted by atomic mass is 79.9. The minimum Gasteiger partial charge on any atom is -0.497 e. The largest absolute Gasteiger partial charge is 0.497 e. The van der Waals surface area contributed by atoms with Gasteiger partial charge in [0.25, 0.3) is 5.91 Å². The second kappa shape index (κ2) is 10.6. The van der Waals surface area contributed by atoms with Gasteiger partial charge in [0.2, 0.25) is 0 Å². The van der Waals surface area contributed by atoms with Crippen molar-refractivity contribution in [1.29, 1.82) is 0 Å². The van der Waals surface area contributed by atoms with Crippen LogP contribution in [0.2, 0.25) is 5.02 Å². The first-order chi connectivity index (χ1) is 16.8. The Morgan fingerprint density at radius 1 is 0.971 bits per heavy atom. The molecule has 0 saturated carbocycles. The van der Waals surface area contributed by atoms with Crippen molar-refractivity contribution in [3.8, 4) is 5.75 Å². The molecule has 8 nitrogen and oxygen atoms in total. The number of fused-ring (bicyclic) bond motifs is 1. The molecule has 0 spiro atoms. The Morgan fingerprint density at radius 3 is 2.46 bits per heavy atom. The first kappa shape index (κ1) is 24.3. The van der Waals surface area contributed by atoms with Crippen LogP contribution in [0.15, 0.2) is 77.3 Å². The normalized spacial score (nSPS) is 10.6. The first-order valence-corrected chi connectivity index (χ1v) is 11.6. The second-order valence-corrected chi connectivity index (χ2v) is 8.86.